The number of aromatic hydroxyl groups is 1. The fourth-order valence-corrected chi connectivity index (χ4v) is 3.67. The van der Waals surface area contributed by atoms with E-state index >= 15 is 0 Å². The SMILES string of the molecule is O=C(CO)Nc1ccc2c(c1)C(=Cc1cc(Br)c(O)c(Br)c1)C(=O)N2. The van der Waals surface area contributed by atoms with E-state index in [-0.39, 0.29) is 11.7 Å². The minimum atomic E-state index is -0.619. The predicted molar refractivity (Wildman–Crippen MR) is 102 cm³/mol. The van der Waals surface area contributed by atoms with Crippen molar-refractivity contribution in [3.05, 3.63) is 50.4 Å². The molecule has 0 aromatic heterocycles. The second kappa shape index (κ2) is 6.99. The van der Waals surface area contributed by atoms with Crippen molar-refractivity contribution >= 4 is 66.7 Å². The lowest BCUT2D eigenvalue weighted by Crippen LogP contribution is -2.15. The summed E-state index contributed by atoms with van der Waals surface area (Å²) in [6.45, 7) is -0.619. The van der Waals surface area contributed by atoms with Gasteiger partial charge in [-0.25, -0.2) is 0 Å². The largest absolute Gasteiger partial charge is 0.506 e. The van der Waals surface area contributed by atoms with Gasteiger partial charge >= 0.3 is 0 Å². The summed E-state index contributed by atoms with van der Waals surface area (Å²) in [7, 11) is 0. The van der Waals surface area contributed by atoms with E-state index < -0.39 is 12.5 Å². The lowest BCUT2D eigenvalue weighted by molar-refractivity contribution is -0.118. The van der Waals surface area contributed by atoms with E-state index in [0.717, 1.165) is 0 Å². The van der Waals surface area contributed by atoms with Crippen molar-refractivity contribution < 1.29 is 19.8 Å². The monoisotopic (exact) mass is 466 g/mol. The summed E-state index contributed by atoms with van der Waals surface area (Å²) >= 11 is 6.52. The van der Waals surface area contributed by atoms with Crippen molar-refractivity contribution in [3.63, 3.8) is 0 Å². The number of aliphatic hydroxyl groups is 1. The average molecular weight is 468 g/mol. The number of phenols is 1. The summed E-state index contributed by atoms with van der Waals surface area (Å²) in [6.07, 6.45) is 1.69. The van der Waals surface area contributed by atoms with Crippen LogP contribution in [0.5, 0.6) is 5.75 Å². The number of carbonyl (C=O) groups is 2. The second-order valence-corrected chi connectivity index (χ2v) is 7.02. The predicted octanol–water partition coefficient (Wildman–Crippen LogP) is 3.34. The van der Waals surface area contributed by atoms with Crippen LogP contribution in [0.15, 0.2) is 39.3 Å². The van der Waals surface area contributed by atoms with Crippen LogP contribution in [0.4, 0.5) is 11.4 Å². The number of carbonyl (C=O) groups excluding carboxylic acids is 2. The van der Waals surface area contributed by atoms with Gasteiger partial charge in [0.1, 0.15) is 12.4 Å². The molecular formula is C17H12Br2N2O4. The average Bonchev–Trinajstić information content (AvgIpc) is 2.88. The molecule has 0 bridgehead atoms. The van der Waals surface area contributed by atoms with Gasteiger partial charge in [-0.1, -0.05) is 0 Å². The number of aliphatic hydroxyl groups excluding tert-OH is 1. The highest BCUT2D eigenvalue weighted by molar-refractivity contribution is 9.11. The van der Waals surface area contributed by atoms with Gasteiger partial charge in [0, 0.05) is 22.5 Å². The van der Waals surface area contributed by atoms with Crippen LogP contribution < -0.4 is 10.6 Å². The van der Waals surface area contributed by atoms with Crippen molar-refractivity contribution in [3.8, 4) is 5.75 Å². The lowest BCUT2D eigenvalue weighted by Gasteiger charge is -2.06. The molecule has 0 saturated carbocycles. The number of benzene rings is 2. The standard InChI is InChI=1S/C17H12Br2N2O4/c18-12-4-8(5-13(19)16(12)24)3-11-10-6-9(20-15(23)7-22)1-2-14(10)21-17(11)25/h1-6,22,24H,7H2,(H,20,23)(H,21,25). The quantitative estimate of drug-likeness (QED) is 0.520. The van der Waals surface area contributed by atoms with Crippen molar-refractivity contribution in [2.45, 2.75) is 0 Å². The molecule has 0 fully saturated rings. The van der Waals surface area contributed by atoms with Crippen LogP contribution in [-0.4, -0.2) is 28.6 Å². The van der Waals surface area contributed by atoms with E-state index in [0.29, 0.717) is 37.0 Å². The van der Waals surface area contributed by atoms with Gasteiger partial charge in [0.2, 0.25) is 5.91 Å². The Morgan fingerprint density at radius 2 is 1.88 bits per heavy atom. The van der Waals surface area contributed by atoms with Crippen LogP contribution in [0.25, 0.3) is 11.6 Å². The van der Waals surface area contributed by atoms with Crippen LogP contribution in [0.1, 0.15) is 11.1 Å². The van der Waals surface area contributed by atoms with Gasteiger partial charge in [-0.05, 0) is 73.8 Å². The number of hydrogen-bond donors (Lipinski definition) is 4. The van der Waals surface area contributed by atoms with Gasteiger partial charge in [0.25, 0.3) is 5.91 Å². The fraction of sp³-hybridized carbons (Fsp3) is 0.0588. The molecule has 0 radical (unpaired) electrons. The highest BCUT2D eigenvalue weighted by Gasteiger charge is 2.24. The van der Waals surface area contributed by atoms with Crippen LogP contribution in [0.3, 0.4) is 0 Å². The number of amides is 2. The van der Waals surface area contributed by atoms with Gasteiger partial charge < -0.3 is 20.8 Å². The molecule has 0 spiro atoms. The molecule has 0 unspecified atom stereocenters. The molecule has 4 N–H and O–H groups in total. The minimum absolute atomic E-state index is 0.0763. The molecule has 2 aromatic carbocycles. The maximum Gasteiger partial charge on any atom is 0.256 e. The van der Waals surface area contributed by atoms with E-state index in [1.807, 2.05) is 0 Å². The molecular weight excluding hydrogens is 456 g/mol. The molecule has 25 heavy (non-hydrogen) atoms. The second-order valence-electron chi connectivity index (χ2n) is 5.31. The summed E-state index contributed by atoms with van der Waals surface area (Å²) < 4.78 is 0.993. The van der Waals surface area contributed by atoms with Crippen molar-refractivity contribution in [2.75, 3.05) is 17.2 Å². The number of halogens is 2. The summed E-state index contributed by atoms with van der Waals surface area (Å²) in [5, 5.41) is 23.9. The number of phenolic OH excluding ortho intramolecular Hbond substituents is 1. The third-order valence-electron chi connectivity index (χ3n) is 3.58. The molecule has 3 rings (SSSR count). The van der Waals surface area contributed by atoms with Gasteiger partial charge in [-0.15, -0.1) is 0 Å². The zero-order valence-electron chi connectivity index (χ0n) is 12.6. The van der Waals surface area contributed by atoms with Gasteiger partial charge in [-0.2, -0.15) is 0 Å². The minimum Gasteiger partial charge on any atom is -0.506 e. The number of rotatable bonds is 3. The molecule has 0 aliphatic carbocycles. The van der Waals surface area contributed by atoms with Gasteiger partial charge in [0.15, 0.2) is 0 Å². The number of nitrogens with one attached hydrogen (secondary N) is 2. The molecule has 0 saturated heterocycles. The zero-order chi connectivity index (χ0) is 18.1. The lowest BCUT2D eigenvalue weighted by atomic mass is 10.0. The van der Waals surface area contributed by atoms with Crippen molar-refractivity contribution in [1.82, 2.24) is 0 Å². The molecule has 8 heteroatoms. The van der Waals surface area contributed by atoms with Gasteiger partial charge in [0.05, 0.1) is 8.95 Å². The first kappa shape index (κ1) is 17.7. The summed E-state index contributed by atoms with van der Waals surface area (Å²) in [5.41, 5.74) is 2.89. The number of anilines is 2. The third-order valence-corrected chi connectivity index (χ3v) is 4.79. The Labute approximate surface area is 159 Å². The van der Waals surface area contributed by atoms with E-state index in [4.69, 9.17) is 5.11 Å². The van der Waals surface area contributed by atoms with E-state index in [1.165, 1.54) is 0 Å². The molecule has 2 amide bonds. The molecule has 0 atom stereocenters. The molecule has 1 aliphatic rings. The van der Waals surface area contributed by atoms with Gasteiger partial charge in [-0.3, -0.25) is 9.59 Å². The smallest absolute Gasteiger partial charge is 0.256 e. The van der Waals surface area contributed by atoms with E-state index in [2.05, 4.69) is 42.5 Å². The zero-order valence-corrected chi connectivity index (χ0v) is 15.8. The molecule has 1 heterocycles. The Morgan fingerprint density at radius 3 is 2.52 bits per heavy atom. The Kier molecular flexibility index (Phi) is 4.94. The topological polar surface area (TPSA) is 98.7 Å². The first-order chi connectivity index (χ1) is 11.9. The van der Waals surface area contributed by atoms with Crippen LogP contribution >= 0.6 is 31.9 Å². The van der Waals surface area contributed by atoms with Crippen LogP contribution in [0, 0.1) is 0 Å². The Morgan fingerprint density at radius 1 is 1.20 bits per heavy atom. The van der Waals surface area contributed by atoms with Crippen molar-refractivity contribution in [2.24, 2.45) is 0 Å². The molecule has 128 valence electrons. The molecule has 6 nitrogen and oxygen atoms in total. The first-order valence-corrected chi connectivity index (χ1v) is 8.74. The number of hydrogen-bond acceptors (Lipinski definition) is 4. The van der Waals surface area contributed by atoms with E-state index in [1.54, 1.807) is 36.4 Å². The Hall–Kier alpha value is -2.16. The summed E-state index contributed by atoms with van der Waals surface area (Å²) in [4.78, 5) is 23.6. The number of fused-ring (bicyclic) bond motifs is 1. The van der Waals surface area contributed by atoms with Crippen LogP contribution in [-0.2, 0) is 9.59 Å². The van der Waals surface area contributed by atoms with E-state index in [9.17, 15) is 14.7 Å². The normalized spacial score (nSPS) is 14.4. The highest BCUT2D eigenvalue weighted by atomic mass is 79.9. The maximum absolute atomic E-state index is 12.3. The Bertz CT molecular complexity index is 902. The third kappa shape index (κ3) is 3.60. The summed E-state index contributed by atoms with van der Waals surface area (Å²) in [6, 6.07) is 8.37. The maximum atomic E-state index is 12.3. The summed E-state index contributed by atoms with van der Waals surface area (Å²) in [5.74, 6) is -0.720. The molecule has 2 aromatic rings. The highest BCUT2D eigenvalue weighted by Crippen LogP contribution is 2.38. The first-order valence-electron chi connectivity index (χ1n) is 7.15. The fourth-order valence-electron chi connectivity index (χ4n) is 2.44. The Balaban J connectivity index is 2.03. The molecule has 1 aliphatic heterocycles. The van der Waals surface area contributed by atoms with Crippen LogP contribution in [0.2, 0.25) is 0 Å². The van der Waals surface area contributed by atoms with Crippen molar-refractivity contribution in [1.29, 1.82) is 0 Å².